The van der Waals surface area contributed by atoms with Gasteiger partial charge in [-0.1, -0.05) is 18.2 Å². The number of nitro groups is 1. The number of phenolic OH excluding ortho intramolecular Hbond substituents is 1. The van der Waals surface area contributed by atoms with Crippen molar-refractivity contribution >= 4 is 17.1 Å². The number of phenols is 1. The molecule has 0 aliphatic heterocycles. The maximum Gasteiger partial charge on any atom is 0.296 e. The predicted molar refractivity (Wildman–Crippen MR) is 76.2 cm³/mol. The molecule has 0 saturated heterocycles. The third-order valence-electron chi connectivity index (χ3n) is 2.78. The Bertz CT molecular complexity index is 686. The van der Waals surface area contributed by atoms with Crippen molar-refractivity contribution in [2.45, 2.75) is 6.42 Å². The lowest BCUT2D eigenvalue weighted by atomic mass is 10.1. The minimum Gasteiger partial charge on any atom is -0.506 e. The van der Waals surface area contributed by atoms with Crippen LogP contribution in [0.1, 0.15) is 5.56 Å². The molecule has 0 bridgehead atoms. The molecule has 2 rings (SSSR count). The number of nitrogens with zero attached hydrogens (tertiary/aromatic N) is 3. The third kappa shape index (κ3) is 3.61. The fourth-order valence-corrected chi connectivity index (χ4v) is 1.74. The van der Waals surface area contributed by atoms with E-state index in [4.69, 9.17) is 5.11 Å². The van der Waals surface area contributed by atoms with E-state index in [1.807, 2.05) is 0 Å². The molecule has 108 valence electrons. The van der Waals surface area contributed by atoms with Crippen LogP contribution in [-0.2, 0) is 6.42 Å². The van der Waals surface area contributed by atoms with Gasteiger partial charge in [-0.05, 0) is 30.2 Å². The van der Waals surface area contributed by atoms with E-state index in [9.17, 15) is 15.2 Å². The highest BCUT2D eigenvalue weighted by atomic mass is 16.6. The first kappa shape index (κ1) is 14.6. The van der Waals surface area contributed by atoms with Crippen molar-refractivity contribution in [3.05, 3.63) is 58.1 Å². The molecule has 0 aliphatic rings. The zero-order valence-electron chi connectivity index (χ0n) is 11.0. The molecule has 0 heterocycles. The number of hydrogen-bond donors (Lipinski definition) is 2. The molecule has 2 aromatic rings. The molecule has 7 nitrogen and oxygen atoms in total. The van der Waals surface area contributed by atoms with E-state index in [-0.39, 0.29) is 29.4 Å². The van der Waals surface area contributed by atoms with Crippen LogP contribution < -0.4 is 0 Å². The van der Waals surface area contributed by atoms with Crippen LogP contribution in [0.2, 0.25) is 0 Å². The molecule has 0 spiro atoms. The first-order valence-corrected chi connectivity index (χ1v) is 6.19. The number of hydrogen-bond acceptors (Lipinski definition) is 6. The normalized spacial score (nSPS) is 10.9. The maximum atomic E-state index is 10.9. The van der Waals surface area contributed by atoms with Crippen LogP contribution in [0.3, 0.4) is 0 Å². The smallest absolute Gasteiger partial charge is 0.296 e. The van der Waals surface area contributed by atoms with Crippen molar-refractivity contribution in [1.82, 2.24) is 0 Å². The largest absolute Gasteiger partial charge is 0.506 e. The van der Waals surface area contributed by atoms with Crippen molar-refractivity contribution in [3.63, 3.8) is 0 Å². The topological polar surface area (TPSA) is 108 Å². The van der Waals surface area contributed by atoms with Crippen LogP contribution >= 0.6 is 0 Å². The number of aliphatic hydroxyl groups is 1. The van der Waals surface area contributed by atoms with Crippen LogP contribution in [-0.4, -0.2) is 21.7 Å². The Labute approximate surface area is 120 Å². The van der Waals surface area contributed by atoms with Gasteiger partial charge >= 0.3 is 0 Å². The van der Waals surface area contributed by atoms with Gasteiger partial charge in [-0.2, -0.15) is 0 Å². The fourth-order valence-electron chi connectivity index (χ4n) is 1.74. The standard InChI is InChI=1S/C14H13N3O4/c18-8-7-10-5-6-14(19)12(9-10)16-15-11-3-1-2-4-13(11)17(20)21/h1-6,9,18-19H,7-8H2. The summed E-state index contributed by atoms with van der Waals surface area (Å²) in [5.74, 6) is -0.0842. The Hall–Kier alpha value is -2.80. The average Bonchev–Trinajstić information content (AvgIpc) is 2.48. The minimum absolute atomic E-state index is 0.0223. The molecule has 2 N–H and O–H groups in total. The van der Waals surface area contributed by atoms with E-state index < -0.39 is 4.92 Å². The van der Waals surface area contributed by atoms with Gasteiger partial charge in [-0.3, -0.25) is 10.1 Å². The van der Waals surface area contributed by atoms with Crippen LogP contribution in [0, 0.1) is 10.1 Å². The number of nitro benzene ring substituents is 1. The van der Waals surface area contributed by atoms with Gasteiger partial charge in [0.25, 0.3) is 5.69 Å². The summed E-state index contributed by atoms with van der Waals surface area (Å²) in [5, 5.41) is 37.1. The summed E-state index contributed by atoms with van der Waals surface area (Å²) in [5.41, 5.74) is 0.924. The summed E-state index contributed by atoms with van der Waals surface area (Å²) < 4.78 is 0. The highest BCUT2D eigenvalue weighted by molar-refractivity contribution is 5.58. The van der Waals surface area contributed by atoms with Gasteiger partial charge in [0, 0.05) is 12.7 Å². The molecule has 0 radical (unpaired) electrons. The van der Waals surface area contributed by atoms with E-state index >= 15 is 0 Å². The summed E-state index contributed by atoms with van der Waals surface area (Å²) in [4.78, 5) is 10.3. The second-order valence-electron chi connectivity index (χ2n) is 4.24. The van der Waals surface area contributed by atoms with Crippen LogP contribution in [0.15, 0.2) is 52.7 Å². The third-order valence-corrected chi connectivity index (χ3v) is 2.78. The molecule has 0 saturated carbocycles. The lowest BCUT2D eigenvalue weighted by Gasteiger charge is -2.02. The molecule has 0 fully saturated rings. The number of aliphatic hydroxyl groups excluding tert-OH is 1. The summed E-state index contributed by atoms with van der Waals surface area (Å²) in [6, 6.07) is 10.6. The summed E-state index contributed by atoms with van der Waals surface area (Å²) >= 11 is 0. The summed E-state index contributed by atoms with van der Waals surface area (Å²) in [7, 11) is 0. The molecule has 7 heteroatoms. The van der Waals surface area contributed by atoms with Crippen LogP contribution in [0.25, 0.3) is 0 Å². The Morgan fingerprint density at radius 2 is 1.81 bits per heavy atom. The van der Waals surface area contributed by atoms with E-state index in [1.54, 1.807) is 18.2 Å². The number of benzene rings is 2. The van der Waals surface area contributed by atoms with E-state index in [2.05, 4.69) is 10.2 Å². The first-order chi connectivity index (χ1) is 10.1. The summed E-state index contributed by atoms with van der Waals surface area (Å²) in [6.07, 6.45) is 0.425. The Kier molecular flexibility index (Phi) is 4.57. The lowest BCUT2D eigenvalue weighted by molar-refractivity contribution is -0.384. The second kappa shape index (κ2) is 6.58. The molecular weight excluding hydrogens is 274 g/mol. The second-order valence-corrected chi connectivity index (χ2v) is 4.24. The lowest BCUT2D eigenvalue weighted by Crippen LogP contribution is -1.89. The molecule has 0 aliphatic carbocycles. The van der Waals surface area contributed by atoms with Gasteiger partial charge in [-0.25, -0.2) is 0 Å². The highest BCUT2D eigenvalue weighted by Gasteiger charge is 2.11. The number of aromatic hydroxyl groups is 1. The quantitative estimate of drug-likeness (QED) is 0.499. The van der Waals surface area contributed by atoms with Gasteiger partial charge in [0.05, 0.1) is 4.92 Å². The van der Waals surface area contributed by atoms with E-state index in [0.717, 1.165) is 5.56 Å². The minimum atomic E-state index is -0.545. The van der Waals surface area contributed by atoms with Gasteiger partial charge < -0.3 is 10.2 Å². The van der Waals surface area contributed by atoms with Gasteiger partial charge in [0.2, 0.25) is 0 Å². The Balaban J connectivity index is 2.33. The van der Waals surface area contributed by atoms with E-state index in [0.29, 0.717) is 6.42 Å². The highest BCUT2D eigenvalue weighted by Crippen LogP contribution is 2.32. The van der Waals surface area contributed by atoms with Crippen molar-refractivity contribution in [2.24, 2.45) is 10.2 Å². The zero-order valence-corrected chi connectivity index (χ0v) is 11.0. The predicted octanol–water partition coefficient (Wildman–Crippen LogP) is 3.25. The molecule has 0 amide bonds. The Morgan fingerprint density at radius 3 is 2.52 bits per heavy atom. The molecule has 0 aromatic heterocycles. The molecule has 0 atom stereocenters. The van der Waals surface area contributed by atoms with E-state index in [1.165, 1.54) is 24.3 Å². The van der Waals surface area contributed by atoms with Crippen molar-refractivity contribution in [2.75, 3.05) is 6.61 Å². The molecule has 21 heavy (non-hydrogen) atoms. The average molecular weight is 287 g/mol. The zero-order chi connectivity index (χ0) is 15.2. The van der Waals surface area contributed by atoms with Gasteiger partial charge in [0.1, 0.15) is 11.4 Å². The molecular formula is C14H13N3O4. The van der Waals surface area contributed by atoms with Crippen molar-refractivity contribution in [3.8, 4) is 5.75 Å². The molecule has 2 aromatic carbocycles. The monoisotopic (exact) mass is 287 g/mol. The van der Waals surface area contributed by atoms with Crippen molar-refractivity contribution in [1.29, 1.82) is 0 Å². The SMILES string of the molecule is O=[N+]([O-])c1ccccc1N=Nc1cc(CCO)ccc1O. The molecule has 0 unspecified atom stereocenters. The Morgan fingerprint density at radius 1 is 1.10 bits per heavy atom. The van der Waals surface area contributed by atoms with Crippen molar-refractivity contribution < 1.29 is 15.1 Å². The number of para-hydroxylation sites is 1. The number of azo groups is 1. The van der Waals surface area contributed by atoms with Crippen LogP contribution in [0.5, 0.6) is 5.75 Å². The first-order valence-electron chi connectivity index (χ1n) is 6.19. The maximum absolute atomic E-state index is 10.9. The summed E-state index contributed by atoms with van der Waals surface area (Å²) in [6.45, 7) is -0.0223. The number of rotatable bonds is 5. The van der Waals surface area contributed by atoms with Gasteiger partial charge in [-0.15, -0.1) is 10.2 Å². The van der Waals surface area contributed by atoms with Gasteiger partial charge in [0.15, 0.2) is 5.69 Å². The fraction of sp³-hybridized carbons (Fsp3) is 0.143. The van der Waals surface area contributed by atoms with Crippen LogP contribution in [0.4, 0.5) is 17.1 Å².